The minimum Gasteiger partial charge on any atom is -0.490 e. The fourth-order valence-electron chi connectivity index (χ4n) is 9.00. The molecule has 282 valence electrons. The number of ether oxygens (including phenoxy) is 3. The van der Waals surface area contributed by atoms with Crippen molar-refractivity contribution in [3.8, 4) is 5.75 Å². The molecule has 5 aliphatic rings. The Morgan fingerprint density at radius 2 is 2.06 bits per heavy atom. The SMILES string of the molecule is CO[C@H]1/C=C/C[C@H](C)C[S@@](=O)(NC(=O)c2cc3n(c2F)CCOC3)=NC(=O)c2ccc3c(c2)N(C[C@@H]2CC[C@H]21)C[C@@]1(CCCc2cc(Cl)ccc21)CO3. The molecule has 6 atom stereocenters. The largest absolute Gasteiger partial charge is 0.490 e. The molecule has 2 amide bonds. The number of allylic oxidation sites excluding steroid dienone is 1. The van der Waals surface area contributed by atoms with Gasteiger partial charge in [0, 0.05) is 48.4 Å². The highest BCUT2D eigenvalue weighted by Gasteiger charge is 2.44. The zero-order chi connectivity index (χ0) is 36.9. The number of methoxy groups -OCH3 is 1. The average molecular weight is 765 g/mol. The molecule has 1 aromatic heterocycles. The molecular weight excluding hydrogens is 719 g/mol. The van der Waals surface area contributed by atoms with E-state index in [9.17, 15) is 13.8 Å². The van der Waals surface area contributed by atoms with Crippen molar-refractivity contribution in [3.05, 3.63) is 93.5 Å². The van der Waals surface area contributed by atoms with E-state index < -0.39 is 27.7 Å². The zero-order valence-electron chi connectivity index (χ0n) is 30.2. The van der Waals surface area contributed by atoms with Crippen molar-refractivity contribution in [1.29, 1.82) is 0 Å². The van der Waals surface area contributed by atoms with Crippen LogP contribution in [0.25, 0.3) is 0 Å². The number of hydrogen-bond donors (Lipinski definition) is 1. The number of hydrogen-bond acceptors (Lipinski definition) is 7. The first-order valence-electron chi connectivity index (χ1n) is 18.6. The van der Waals surface area contributed by atoms with Crippen molar-refractivity contribution in [3.63, 3.8) is 0 Å². The molecule has 3 aromatic rings. The van der Waals surface area contributed by atoms with Crippen molar-refractivity contribution in [2.75, 3.05) is 44.1 Å². The van der Waals surface area contributed by atoms with Crippen molar-refractivity contribution in [1.82, 2.24) is 9.29 Å². The third-order valence-electron chi connectivity index (χ3n) is 11.8. The van der Waals surface area contributed by atoms with Crippen LogP contribution in [0.4, 0.5) is 10.1 Å². The number of fused-ring (bicyclic) bond motifs is 5. The van der Waals surface area contributed by atoms with Crippen LogP contribution in [0.1, 0.15) is 76.6 Å². The lowest BCUT2D eigenvalue weighted by Gasteiger charge is -2.46. The number of rotatable bonds is 3. The van der Waals surface area contributed by atoms with Crippen LogP contribution in [0.3, 0.4) is 0 Å². The van der Waals surface area contributed by atoms with Crippen LogP contribution in [0.5, 0.6) is 5.75 Å². The van der Waals surface area contributed by atoms with Crippen LogP contribution in [-0.4, -0.2) is 65.9 Å². The normalized spacial score (nSPS) is 30.4. The molecule has 10 nitrogen and oxygen atoms in total. The summed E-state index contributed by atoms with van der Waals surface area (Å²) >= 11 is 6.46. The lowest BCUT2D eigenvalue weighted by atomic mass is 9.68. The van der Waals surface area contributed by atoms with E-state index in [1.54, 1.807) is 25.3 Å². The Labute approximate surface area is 315 Å². The number of benzene rings is 2. The molecule has 0 saturated heterocycles. The van der Waals surface area contributed by atoms with Gasteiger partial charge in [0.05, 0.1) is 42.9 Å². The van der Waals surface area contributed by atoms with Gasteiger partial charge in [-0.2, -0.15) is 4.39 Å². The Morgan fingerprint density at radius 3 is 2.85 bits per heavy atom. The van der Waals surface area contributed by atoms with Crippen molar-refractivity contribution < 1.29 is 32.4 Å². The number of nitrogens with zero attached hydrogens (tertiary/aromatic N) is 3. The molecule has 0 unspecified atom stereocenters. The van der Waals surface area contributed by atoms with Gasteiger partial charge in [-0.3, -0.25) is 14.3 Å². The second kappa shape index (κ2) is 14.5. The van der Waals surface area contributed by atoms with Crippen LogP contribution in [0.2, 0.25) is 5.02 Å². The van der Waals surface area contributed by atoms with Gasteiger partial charge in [0.1, 0.15) is 15.7 Å². The quantitative estimate of drug-likeness (QED) is 0.290. The van der Waals surface area contributed by atoms with E-state index in [0.717, 1.165) is 49.4 Å². The number of halogens is 2. The molecule has 1 fully saturated rings. The number of carbonyl (C=O) groups is 2. The molecule has 1 spiro atoms. The fraction of sp³-hybridized carbons (Fsp3) is 0.500. The number of amides is 2. The summed E-state index contributed by atoms with van der Waals surface area (Å²) in [5, 5.41) is 0.723. The molecule has 0 radical (unpaired) electrons. The van der Waals surface area contributed by atoms with Gasteiger partial charge in [0.25, 0.3) is 11.8 Å². The molecule has 1 N–H and O–H groups in total. The van der Waals surface area contributed by atoms with Gasteiger partial charge in [0.15, 0.2) is 0 Å². The van der Waals surface area contributed by atoms with Gasteiger partial charge in [-0.15, -0.1) is 4.36 Å². The molecule has 1 saturated carbocycles. The first-order valence-corrected chi connectivity index (χ1v) is 20.7. The number of aromatic nitrogens is 1. The topological polar surface area (TPSA) is 111 Å². The predicted molar refractivity (Wildman–Crippen MR) is 201 cm³/mol. The van der Waals surface area contributed by atoms with Gasteiger partial charge in [-0.1, -0.05) is 36.7 Å². The maximum Gasteiger partial charge on any atom is 0.286 e. The molecule has 4 heterocycles. The standard InChI is InChI=1S/C40H46ClFN4O6S/c1-25-5-3-7-35(50-2)31-11-8-28(31)20-45-23-40(14-4-6-26-17-29(41)10-12-33(26)40)24-52-36-13-9-27(18-34(36)45)38(47)43-53(49,22-25)44-39(48)32-19-30-21-51-16-15-46(30)37(32)42/h3,7,9-10,12-13,17-19,25,28,31,35H,4-6,8,11,14-16,20-24H2,1-2H3,(H,43,44,47,48,49)/b7-3+/t25-,28-,31+,35-,40-,53-/m0/s1. The van der Waals surface area contributed by atoms with E-state index >= 15 is 4.39 Å². The van der Waals surface area contributed by atoms with Crippen LogP contribution in [-0.2, 0) is 44.4 Å². The summed E-state index contributed by atoms with van der Waals surface area (Å²) in [6.45, 7) is 4.55. The van der Waals surface area contributed by atoms with Gasteiger partial charge in [0.2, 0.25) is 5.95 Å². The highest BCUT2D eigenvalue weighted by atomic mass is 35.5. The minimum atomic E-state index is -3.71. The minimum absolute atomic E-state index is 0.0995. The van der Waals surface area contributed by atoms with E-state index in [-0.39, 0.29) is 47.5 Å². The fourth-order valence-corrected chi connectivity index (χ4v) is 11.1. The first kappa shape index (κ1) is 36.3. The first-order chi connectivity index (χ1) is 25.5. The lowest BCUT2D eigenvalue weighted by molar-refractivity contribution is 0.0131. The van der Waals surface area contributed by atoms with E-state index in [4.69, 9.17) is 25.8 Å². The monoisotopic (exact) mass is 764 g/mol. The molecule has 2 aliphatic carbocycles. The maximum atomic E-state index is 15.4. The Morgan fingerprint density at radius 1 is 1.19 bits per heavy atom. The number of carbonyl (C=O) groups excluding carboxylic acids is 2. The Hall–Kier alpha value is -3.71. The van der Waals surface area contributed by atoms with Crippen LogP contribution < -0.4 is 14.4 Å². The van der Waals surface area contributed by atoms with Gasteiger partial charge in [-0.25, -0.2) is 4.21 Å². The summed E-state index contributed by atoms with van der Waals surface area (Å²) in [5.41, 5.74) is 3.46. The van der Waals surface area contributed by atoms with E-state index in [1.165, 1.54) is 21.8 Å². The summed E-state index contributed by atoms with van der Waals surface area (Å²) in [5.74, 6) is -1.36. The lowest BCUT2D eigenvalue weighted by Crippen LogP contribution is -2.49. The Bertz CT molecular complexity index is 2090. The average Bonchev–Trinajstić information content (AvgIpc) is 3.38. The third-order valence-corrected chi connectivity index (χ3v) is 14.1. The number of aryl methyl sites for hydroxylation is 1. The molecular formula is C40H46ClFN4O6S. The zero-order valence-corrected chi connectivity index (χ0v) is 31.7. The molecule has 3 aliphatic heterocycles. The van der Waals surface area contributed by atoms with Gasteiger partial charge in [-0.05, 0) is 104 Å². The molecule has 2 aromatic carbocycles. The maximum absolute atomic E-state index is 15.4. The van der Waals surface area contributed by atoms with Crippen LogP contribution in [0.15, 0.2) is 59.0 Å². The molecule has 8 rings (SSSR count). The van der Waals surface area contributed by atoms with Crippen molar-refractivity contribution in [2.24, 2.45) is 22.1 Å². The highest BCUT2D eigenvalue weighted by Crippen LogP contribution is 2.47. The Kier molecular flexibility index (Phi) is 9.93. The molecule has 2 bridgehead atoms. The van der Waals surface area contributed by atoms with Gasteiger partial charge >= 0.3 is 0 Å². The smallest absolute Gasteiger partial charge is 0.286 e. The van der Waals surface area contributed by atoms with E-state index in [1.807, 2.05) is 19.1 Å². The van der Waals surface area contributed by atoms with Crippen LogP contribution in [0, 0.1) is 23.7 Å². The molecule has 13 heteroatoms. The summed E-state index contributed by atoms with van der Waals surface area (Å²) < 4.78 is 56.2. The highest BCUT2D eigenvalue weighted by molar-refractivity contribution is 7.92. The summed E-state index contributed by atoms with van der Waals surface area (Å²) in [6.07, 6.45) is 9.56. The third kappa shape index (κ3) is 7.03. The van der Waals surface area contributed by atoms with Gasteiger partial charge < -0.3 is 23.7 Å². The number of nitrogens with one attached hydrogen (secondary N) is 1. The second-order valence-corrected chi connectivity index (χ2v) is 17.9. The summed E-state index contributed by atoms with van der Waals surface area (Å²) in [7, 11) is -1.97. The molecule has 53 heavy (non-hydrogen) atoms. The van der Waals surface area contributed by atoms with Crippen molar-refractivity contribution in [2.45, 2.75) is 70.1 Å². The summed E-state index contributed by atoms with van der Waals surface area (Å²) in [4.78, 5) is 30.0. The van der Waals surface area contributed by atoms with Crippen molar-refractivity contribution >= 4 is 39.0 Å². The van der Waals surface area contributed by atoms with E-state index in [0.29, 0.717) is 49.5 Å². The predicted octanol–water partition coefficient (Wildman–Crippen LogP) is 6.87. The Balaban J connectivity index is 1.19. The summed E-state index contributed by atoms with van der Waals surface area (Å²) in [6, 6.07) is 12.8. The van der Waals surface area contributed by atoms with E-state index in [2.05, 4.69) is 32.2 Å². The van der Waals surface area contributed by atoms with Crippen LogP contribution >= 0.6 is 11.6 Å². The number of anilines is 1. The second-order valence-electron chi connectivity index (χ2n) is 15.4.